The number of rotatable bonds is 8. The number of fused-ring (bicyclic) bond motifs is 1. The number of phenols is 1. The summed E-state index contributed by atoms with van der Waals surface area (Å²) in [5, 5.41) is 21.0. The van der Waals surface area contributed by atoms with Crippen LogP contribution in [0.5, 0.6) is 5.75 Å². The van der Waals surface area contributed by atoms with Crippen LogP contribution in [0.4, 0.5) is 10.1 Å². The van der Waals surface area contributed by atoms with Crippen molar-refractivity contribution in [2.24, 2.45) is 22.2 Å². The number of halogens is 1. The molecule has 6 heteroatoms. The second-order valence-electron chi connectivity index (χ2n) is 10.1. The third-order valence-corrected chi connectivity index (χ3v) is 7.68. The first kappa shape index (κ1) is 24.8. The predicted molar refractivity (Wildman–Crippen MR) is 138 cm³/mol. The molecule has 184 valence electrons. The Kier molecular flexibility index (Phi) is 7.48. The fourth-order valence-electron chi connectivity index (χ4n) is 5.74. The fraction of sp³-hybridized carbons (Fsp3) is 0.414. The smallest absolute Gasteiger partial charge is 0.251 e. The van der Waals surface area contributed by atoms with E-state index in [1.807, 2.05) is 0 Å². The van der Waals surface area contributed by atoms with Crippen LogP contribution < -0.4 is 5.32 Å². The molecular formula is C29H34FN3O2. The molecule has 0 spiro atoms. The predicted octanol–water partition coefficient (Wildman–Crippen LogP) is 6.60. The molecule has 35 heavy (non-hydrogen) atoms. The van der Waals surface area contributed by atoms with E-state index in [0.29, 0.717) is 17.2 Å². The van der Waals surface area contributed by atoms with Crippen LogP contribution in [0.1, 0.15) is 62.7 Å². The summed E-state index contributed by atoms with van der Waals surface area (Å²) in [6.07, 6.45) is 9.20. The van der Waals surface area contributed by atoms with Crippen LogP contribution in [0.25, 0.3) is 0 Å². The van der Waals surface area contributed by atoms with E-state index < -0.39 is 0 Å². The molecule has 4 rings (SSSR count). The molecule has 3 N–H and O–H groups in total. The summed E-state index contributed by atoms with van der Waals surface area (Å²) < 4.78 is 13.3. The van der Waals surface area contributed by atoms with Gasteiger partial charge in [0.15, 0.2) is 0 Å². The topological polar surface area (TPSA) is 85.5 Å². The maximum Gasteiger partial charge on any atom is 0.251 e. The minimum absolute atomic E-state index is 0.0451. The highest BCUT2D eigenvalue weighted by molar-refractivity contribution is 6.08. The summed E-state index contributed by atoms with van der Waals surface area (Å²) in [4.78, 5) is 17.6. The highest BCUT2D eigenvalue weighted by Crippen LogP contribution is 2.55. The number of nitrogens with zero attached hydrogens (tertiary/aromatic N) is 1. The third-order valence-electron chi connectivity index (χ3n) is 7.68. The van der Waals surface area contributed by atoms with Gasteiger partial charge < -0.3 is 15.8 Å². The summed E-state index contributed by atoms with van der Waals surface area (Å²) >= 11 is 0. The van der Waals surface area contributed by atoms with E-state index >= 15 is 0 Å². The lowest BCUT2D eigenvalue weighted by atomic mass is 9.65. The molecule has 2 aliphatic rings. The van der Waals surface area contributed by atoms with Gasteiger partial charge in [0, 0.05) is 29.4 Å². The zero-order chi connectivity index (χ0) is 25.0. The lowest BCUT2D eigenvalue weighted by Gasteiger charge is -2.40. The van der Waals surface area contributed by atoms with E-state index in [9.17, 15) is 14.3 Å². The fourth-order valence-corrected chi connectivity index (χ4v) is 5.74. The van der Waals surface area contributed by atoms with Crippen LogP contribution >= 0.6 is 0 Å². The summed E-state index contributed by atoms with van der Waals surface area (Å²) in [5.74, 6) is -0.0668. The highest BCUT2D eigenvalue weighted by atomic mass is 19.1. The molecule has 2 aromatic rings. The summed E-state index contributed by atoms with van der Waals surface area (Å²) in [6, 6.07) is 12.6. The van der Waals surface area contributed by atoms with Gasteiger partial charge in [-0.1, -0.05) is 31.9 Å². The van der Waals surface area contributed by atoms with Crippen molar-refractivity contribution in [3.8, 4) is 5.75 Å². The molecule has 2 aliphatic carbocycles. The number of carbonyl (C=O) groups excluding carboxylic acids is 1. The van der Waals surface area contributed by atoms with Crippen LogP contribution in [-0.4, -0.2) is 29.0 Å². The van der Waals surface area contributed by atoms with Gasteiger partial charge >= 0.3 is 0 Å². The van der Waals surface area contributed by atoms with Crippen molar-refractivity contribution in [2.75, 3.05) is 0 Å². The minimum atomic E-state index is -0.288. The molecule has 1 saturated carbocycles. The Morgan fingerprint density at radius 3 is 2.77 bits per heavy atom. The Hall–Kier alpha value is -3.28. The van der Waals surface area contributed by atoms with Gasteiger partial charge in [-0.3, -0.25) is 9.79 Å². The Labute approximate surface area is 206 Å². The van der Waals surface area contributed by atoms with E-state index in [4.69, 9.17) is 10.4 Å². The number of carbonyl (C=O) groups is 1. The van der Waals surface area contributed by atoms with Gasteiger partial charge in [0.1, 0.15) is 11.6 Å². The minimum Gasteiger partial charge on any atom is -0.508 e. The molecular weight excluding hydrogens is 441 g/mol. The first-order valence-corrected chi connectivity index (χ1v) is 12.5. The summed E-state index contributed by atoms with van der Waals surface area (Å²) in [7, 11) is 0. The molecule has 0 radical (unpaired) electrons. The van der Waals surface area contributed by atoms with Gasteiger partial charge in [0.25, 0.3) is 5.91 Å². The van der Waals surface area contributed by atoms with Crippen molar-refractivity contribution in [3.63, 3.8) is 0 Å². The Balaban J connectivity index is 1.53. The van der Waals surface area contributed by atoms with Gasteiger partial charge in [-0.05, 0) is 92.0 Å². The van der Waals surface area contributed by atoms with Crippen LogP contribution in [0, 0.1) is 28.5 Å². The first-order chi connectivity index (χ1) is 16.8. The number of allylic oxidation sites excluding steroid dienone is 2. The number of aliphatic imine (C=N–C) groups is 1. The molecule has 0 heterocycles. The molecule has 4 unspecified atom stereocenters. The molecule has 2 aromatic carbocycles. The third kappa shape index (κ3) is 5.53. The van der Waals surface area contributed by atoms with E-state index in [1.165, 1.54) is 30.0 Å². The molecule has 1 amide bonds. The monoisotopic (exact) mass is 475 g/mol. The van der Waals surface area contributed by atoms with Gasteiger partial charge in [-0.15, -0.1) is 0 Å². The Morgan fingerprint density at radius 2 is 2.09 bits per heavy atom. The molecule has 0 aliphatic heterocycles. The zero-order valence-electron chi connectivity index (χ0n) is 20.4. The normalized spacial score (nSPS) is 25.6. The maximum atomic E-state index is 13.3. The summed E-state index contributed by atoms with van der Waals surface area (Å²) in [5.41, 5.74) is 3.33. The van der Waals surface area contributed by atoms with Crippen LogP contribution in [0.2, 0.25) is 0 Å². The van der Waals surface area contributed by atoms with E-state index in [0.717, 1.165) is 44.2 Å². The quantitative estimate of drug-likeness (QED) is 0.376. The lowest BCUT2D eigenvalue weighted by molar-refractivity contribution is 0.0919. The molecule has 0 saturated heterocycles. The van der Waals surface area contributed by atoms with Crippen molar-refractivity contribution in [3.05, 3.63) is 71.6 Å². The van der Waals surface area contributed by atoms with Crippen molar-refractivity contribution in [2.45, 2.75) is 58.4 Å². The first-order valence-electron chi connectivity index (χ1n) is 12.5. The number of hydrogen-bond acceptors (Lipinski definition) is 4. The van der Waals surface area contributed by atoms with Crippen molar-refractivity contribution in [1.82, 2.24) is 5.32 Å². The average Bonchev–Trinajstić information content (AvgIpc) is 3.15. The van der Waals surface area contributed by atoms with E-state index in [1.54, 1.807) is 30.3 Å². The molecule has 0 bridgehead atoms. The number of hydrogen-bond donors (Lipinski definition) is 3. The van der Waals surface area contributed by atoms with Crippen LogP contribution in [-0.2, 0) is 0 Å². The van der Waals surface area contributed by atoms with E-state index in [-0.39, 0.29) is 34.8 Å². The second kappa shape index (κ2) is 10.5. The highest BCUT2D eigenvalue weighted by Gasteiger charge is 2.47. The average molecular weight is 476 g/mol. The molecule has 0 aromatic heterocycles. The largest absolute Gasteiger partial charge is 0.508 e. The van der Waals surface area contributed by atoms with Crippen molar-refractivity contribution < 1.29 is 14.3 Å². The maximum absolute atomic E-state index is 13.3. The van der Waals surface area contributed by atoms with Gasteiger partial charge in [0.05, 0.1) is 5.69 Å². The van der Waals surface area contributed by atoms with Crippen molar-refractivity contribution >= 4 is 23.5 Å². The number of aromatic hydroxyl groups is 1. The van der Waals surface area contributed by atoms with E-state index in [2.05, 4.69) is 25.2 Å². The SMILES string of the molecule is CCCC(CC1CCC2=CC(=Nc3ccc(F)cc3)C(C=N)CC21C)NC(=O)c1cccc(O)c1. The Bertz CT molecular complexity index is 1140. The number of nitrogens with one attached hydrogen (secondary N) is 2. The van der Waals surface area contributed by atoms with Crippen LogP contribution in [0.15, 0.2) is 65.2 Å². The lowest BCUT2D eigenvalue weighted by Crippen LogP contribution is -2.40. The Morgan fingerprint density at radius 1 is 1.31 bits per heavy atom. The van der Waals surface area contributed by atoms with Crippen molar-refractivity contribution in [1.29, 1.82) is 5.41 Å². The van der Waals surface area contributed by atoms with Gasteiger partial charge in [-0.2, -0.15) is 0 Å². The van der Waals surface area contributed by atoms with Gasteiger partial charge in [-0.25, -0.2) is 4.39 Å². The molecule has 4 atom stereocenters. The number of phenolic OH excluding ortho intramolecular Hbond substituents is 1. The second-order valence-corrected chi connectivity index (χ2v) is 10.1. The summed E-state index contributed by atoms with van der Waals surface area (Å²) in [6.45, 7) is 4.42. The number of amides is 1. The molecule has 1 fully saturated rings. The van der Waals surface area contributed by atoms with Gasteiger partial charge in [0.2, 0.25) is 0 Å². The molecule has 5 nitrogen and oxygen atoms in total. The zero-order valence-corrected chi connectivity index (χ0v) is 20.4. The number of benzene rings is 2. The standard InChI is InChI=1S/C29H34FN3O2/c1-3-5-25(33-28(35)19-6-4-7-26(34)14-19)15-21-8-9-22-16-27(20(18-31)17-29(21,22)2)32-24-12-10-23(30)11-13-24/h4,6-7,10-14,16,18,20-21,25,31,34H,3,5,8-9,15,17H2,1-2H3,(H,33,35). The van der Waals surface area contributed by atoms with Crippen LogP contribution in [0.3, 0.4) is 0 Å².